The number of nitriles is 1. The number of halogens is 1. The fourth-order valence-electron chi connectivity index (χ4n) is 2.52. The number of aryl methyl sites for hydroxylation is 2. The van der Waals surface area contributed by atoms with Gasteiger partial charge < -0.3 is 9.72 Å². The summed E-state index contributed by atoms with van der Waals surface area (Å²) in [5.74, 6) is 1.26. The Balaban J connectivity index is 2.13. The second-order valence-corrected chi connectivity index (χ2v) is 6.51. The number of nitrogens with one attached hydrogen (secondary N) is 1. The molecule has 1 aromatic heterocycles. The predicted molar refractivity (Wildman–Crippen MR) is 99.7 cm³/mol. The Labute approximate surface area is 148 Å². The molecular formula is C19H16BrN3O. The lowest BCUT2D eigenvalue weighted by Crippen LogP contribution is -1.89. The number of rotatable bonds is 3. The molecule has 120 valence electrons. The van der Waals surface area contributed by atoms with Crippen LogP contribution < -0.4 is 4.74 Å². The Morgan fingerprint density at radius 3 is 2.71 bits per heavy atom. The van der Waals surface area contributed by atoms with E-state index in [2.05, 4.69) is 51.9 Å². The Hall–Kier alpha value is -2.58. The number of H-pyrrole nitrogens is 1. The number of ether oxygens (including phenoxy) is 1. The molecule has 24 heavy (non-hydrogen) atoms. The molecular weight excluding hydrogens is 366 g/mol. The molecule has 0 spiro atoms. The van der Waals surface area contributed by atoms with Crippen molar-refractivity contribution in [2.75, 3.05) is 7.11 Å². The first kappa shape index (κ1) is 16.3. The molecule has 0 fully saturated rings. The molecule has 0 amide bonds. The van der Waals surface area contributed by atoms with Gasteiger partial charge in [-0.1, -0.05) is 15.9 Å². The number of imidazole rings is 1. The summed E-state index contributed by atoms with van der Waals surface area (Å²) >= 11 is 3.45. The molecule has 0 bridgehead atoms. The summed E-state index contributed by atoms with van der Waals surface area (Å²) in [7, 11) is 1.61. The van der Waals surface area contributed by atoms with Gasteiger partial charge in [-0.25, -0.2) is 4.98 Å². The zero-order valence-electron chi connectivity index (χ0n) is 13.6. The largest absolute Gasteiger partial charge is 0.496 e. The van der Waals surface area contributed by atoms with Crippen LogP contribution in [0.3, 0.4) is 0 Å². The highest BCUT2D eigenvalue weighted by atomic mass is 79.9. The van der Waals surface area contributed by atoms with Gasteiger partial charge >= 0.3 is 0 Å². The standard InChI is InChI=1S/C19H16BrN3O/c1-11-6-16-17(7-12(11)2)23-19(22-16)14(10-21)8-13-9-15(20)4-5-18(13)24-3/h4-9H,1-3H3,(H,22,23)/b14-8+. The van der Waals surface area contributed by atoms with Crippen molar-refractivity contribution in [3.63, 3.8) is 0 Å². The number of aromatic nitrogens is 2. The highest BCUT2D eigenvalue weighted by molar-refractivity contribution is 9.10. The molecule has 0 saturated carbocycles. The number of benzene rings is 2. The van der Waals surface area contributed by atoms with Gasteiger partial charge in [-0.05, 0) is 61.4 Å². The number of hydrogen-bond donors (Lipinski definition) is 1. The van der Waals surface area contributed by atoms with Crippen molar-refractivity contribution in [2.45, 2.75) is 13.8 Å². The average molecular weight is 382 g/mol. The Morgan fingerprint density at radius 1 is 1.25 bits per heavy atom. The zero-order chi connectivity index (χ0) is 17.3. The maximum Gasteiger partial charge on any atom is 0.149 e. The number of methoxy groups -OCH3 is 1. The Morgan fingerprint density at radius 2 is 2.00 bits per heavy atom. The topological polar surface area (TPSA) is 61.7 Å². The summed E-state index contributed by atoms with van der Waals surface area (Å²) in [5, 5.41) is 9.58. The molecule has 2 aromatic carbocycles. The fourth-order valence-corrected chi connectivity index (χ4v) is 2.90. The Kier molecular flexibility index (Phi) is 4.41. The highest BCUT2D eigenvalue weighted by Gasteiger charge is 2.11. The van der Waals surface area contributed by atoms with Crippen LogP contribution in [0.4, 0.5) is 0 Å². The lowest BCUT2D eigenvalue weighted by molar-refractivity contribution is 0.414. The lowest BCUT2D eigenvalue weighted by Gasteiger charge is -2.05. The van der Waals surface area contributed by atoms with Crippen molar-refractivity contribution in [1.82, 2.24) is 9.97 Å². The molecule has 0 aliphatic heterocycles. The SMILES string of the molecule is COc1ccc(Br)cc1/C=C(\C#N)c1nc2cc(C)c(C)cc2[nH]1. The third-order valence-corrected chi connectivity index (χ3v) is 4.46. The van der Waals surface area contributed by atoms with Crippen LogP contribution in [-0.4, -0.2) is 17.1 Å². The highest BCUT2D eigenvalue weighted by Crippen LogP contribution is 2.28. The van der Waals surface area contributed by atoms with Crippen LogP contribution >= 0.6 is 15.9 Å². The summed E-state index contributed by atoms with van der Waals surface area (Å²) < 4.78 is 6.29. The van der Waals surface area contributed by atoms with E-state index in [0.29, 0.717) is 17.1 Å². The van der Waals surface area contributed by atoms with E-state index in [9.17, 15) is 5.26 Å². The van der Waals surface area contributed by atoms with Gasteiger partial charge in [-0.2, -0.15) is 5.26 Å². The van der Waals surface area contributed by atoms with Gasteiger partial charge in [0, 0.05) is 10.0 Å². The van der Waals surface area contributed by atoms with E-state index < -0.39 is 0 Å². The maximum absolute atomic E-state index is 9.58. The molecule has 0 atom stereocenters. The predicted octanol–water partition coefficient (Wildman–Crippen LogP) is 5.02. The lowest BCUT2D eigenvalue weighted by atomic mass is 10.1. The van der Waals surface area contributed by atoms with Crippen molar-refractivity contribution < 1.29 is 4.74 Å². The van der Waals surface area contributed by atoms with Crippen molar-refractivity contribution in [2.24, 2.45) is 0 Å². The smallest absolute Gasteiger partial charge is 0.149 e. The van der Waals surface area contributed by atoms with Gasteiger partial charge in [0.05, 0.1) is 23.7 Å². The number of nitrogens with zero attached hydrogens (tertiary/aromatic N) is 2. The van der Waals surface area contributed by atoms with E-state index >= 15 is 0 Å². The summed E-state index contributed by atoms with van der Waals surface area (Å²) in [5.41, 5.74) is 5.42. The summed E-state index contributed by atoms with van der Waals surface area (Å²) in [6, 6.07) is 12.0. The van der Waals surface area contributed by atoms with Gasteiger partial charge in [0.15, 0.2) is 0 Å². The first-order chi connectivity index (χ1) is 11.5. The Bertz CT molecular complexity index is 957. The zero-order valence-corrected chi connectivity index (χ0v) is 15.2. The van der Waals surface area contributed by atoms with Gasteiger partial charge in [0.25, 0.3) is 0 Å². The number of allylic oxidation sites excluding steroid dienone is 1. The molecule has 0 aliphatic carbocycles. The van der Waals surface area contributed by atoms with Crippen LogP contribution in [0.1, 0.15) is 22.5 Å². The van der Waals surface area contributed by atoms with Crippen LogP contribution in [0.5, 0.6) is 5.75 Å². The van der Waals surface area contributed by atoms with Crippen molar-refractivity contribution in [3.05, 3.63) is 57.3 Å². The van der Waals surface area contributed by atoms with Crippen LogP contribution in [0, 0.1) is 25.2 Å². The van der Waals surface area contributed by atoms with Gasteiger partial charge in [0.1, 0.15) is 17.6 Å². The van der Waals surface area contributed by atoms with E-state index in [1.807, 2.05) is 24.3 Å². The first-order valence-corrected chi connectivity index (χ1v) is 8.24. The first-order valence-electron chi connectivity index (χ1n) is 7.44. The molecule has 0 radical (unpaired) electrons. The molecule has 1 N–H and O–H groups in total. The average Bonchev–Trinajstić information content (AvgIpc) is 2.95. The molecule has 3 rings (SSSR count). The summed E-state index contributed by atoms with van der Waals surface area (Å²) in [4.78, 5) is 7.79. The van der Waals surface area contributed by atoms with E-state index in [1.54, 1.807) is 13.2 Å². The normalized spacial score (nSPS) is 11.5. The second kappa shape index (κ2) is 6.50. The molecule has 3 aromatic rings. The molecule has 0 saturated heterocycles. The van der Waals surface area contributed by atoms with Crippen LogP contribution in [0.15, 0.2) is 34.8 Å². The minimum Gasteiger partial charge on any atom is -0.496 e. The minimum absolute atomic E-state index is 0.456. The monoisotopic (exact) mass is 381 g/mol. The van der Waals surface area contributed by atoms with Crippen LogP contribution in [0.2, 0.25) is 0 Å². The van der Waals surface area contributed by atoms with E-state index in [0.717, 1.165) is 21.1 Å². The number of aromatic amines is 1. The van der Waals surface area contributed by atoms with E-state index in [1.165, 1.54) is 11.1 Å². The molecule has 4 nitrogen and oxygen atoms in total. The van der Waals surface area contributed by atoms with Crippen molar-refractivity contribution in [1.29, 1.82) is 5.26 Å². The summed E-state index contributed by atoms with van der Waals surface area (Å²) in [6.07, 6.45) is 1.78. The van der Waals surface area contributed by atoms with Crippen LogP contribution in [0.25, 0.3) is 22.7 Å². The molecule has 0 aliphatic rings. The van der Waals surface area contributed by atoms with E-state index in [4.69, 9.17) is 4.74 Å². The molecule has 0 unspecified atom stereocenters. The van der Waals surface area contributed by atoms with Crippen LogP contribution in [-0.2, 0) is 0 Å². The fraction of sp³-hybridized carbons (Fsp3) is 0.158. The quantitative estimate of drug-likeness (QED) is 0.648. The van der Waals surface area contributed by atoms with Crippen molar-refractivity contribution in [3.8, 4) is 11.8 Å². The third-order valence-electron chi connectivity index (χ3n) is 3.96. The number of hydrogen-bond acceptors (Lipinski definition) is 3. The molecule has 5 heteroatoms. The summed E-state index contributed by atoms with van der Waals surface area (Å²) in [6.45, 7) is 4.11. The minimum atomic E-state index is 0.456. The van der Waals surface area contributed by atoms with Gasteiger partial charge in [-0.3, -0.25) is 0 Å². The third kappa shape index (κ3) is 3.06. The van der Waals surface area contributed by atoms with Crippen molar-refractivity contribution >= 4 is 38.6 Å². The second-order valence-electron chi connectivity index (χ2n) is 5.60. The van der Waals surface area contributed by atoms with Gasteiger partial charge in [-0.15, -0.1) is 0 Å². The van der Waals surface area contributed by atoms with E-state index in [-0.39, 0.29) is 0 Å². The number of fused-ring (bicyclic) bond motifs is 1. The molecule has 1 heterocycles. The van der Waals surface area contributed by atoms with Gasteiger partial charge in [0.2, 0.25) is 0 Å². The maximum atomic E-state index is 9.58.